The summed E-state index contributed by atoms with van der Waals surface area (Å²) >= 11 is 0. The smallest absolute Gasteiger partial charge is 0.133 e. The van der Waals surface area contributed by atoms with Gasteiger partial charge in [-0.15, -0.1) is 0 Å². The summed E-state index contributed by atoms with van der Waals surface area (Å²) in [6, 6.07) is 22.8. The Hall–Kier alpha value is -2.78. The number of nitrogens with zero attached hydrogens (tertiary/aromatic N) is 1. The molecule has 0 fully saturated rings. The lowest BCUT2D eigenvalue weighted by Gasteiger charge is -2.31. The van der Waals surface area contributed by atoms with E-state index in [9.17, 15) is 5.11 Å². The van der Waals surface area contributed by atoms with Crippen molar-refractivity contribution in [1.82, 2.24) is 0 Å². The highest BCUT2D eigenvalue weighted by Gasteiger charge is 2.30. The molecule has 4 rings (SSSR count). The molecule has 0 bridgehead atoms. The van der Waals surface area contributed by atoms with E-state index in [1.807, 2.05) is 36.4 Å². The van der Waals surface area contributed by atoms with Crippen molar-refractivity contribution in [2.75, 3.05) is 18.0 Å². The van der Waals surface area contributed by atoms with Crippen LogP contribution in [0, 0.1) is 0 Å². The number of anilines is 1. The number of hydrogen-bond donors (Lipinski definition) is 1. The quantitative estimate of drug-likeness (QED) is 0.524. The molecule has 1 aliphatic heterocycles. The van der Waals surface area contributed by atoms with Gasteiger partial charge in [-0.05, 0) is 37.1 Å². The van der Waals surface area contributed by atoms with Gasteiger partial charge >= 0.3 is 0 Å². The minimum Gasteiger partial charge on any atom is -0.457 e. The zero-order valence-corrected chi connectivity index (χ0v) is 15.9. The monoisotopic (exact) mass is 359 g/mol. The van der Waals surface area contributed by atoms with Gasteiger partial charge in [0.1, 0.15) is 11.5 Å². The fourth-order valence-corrected chi connectivity index (χ4v) is 4.03. The number of ether oxygens (including phenoxy) is 1. The summed E-state index contributed by atoms with van der Waals surface area (Å²) in [6.45, 7) is 6.28. The summed E-state index contributed by atoms with van der Waals surface area (Å²) in [6.07, 6.45) is 0. The van der Waals surface area contributed by atoms with Crippen LogP contribution in [0.1, 0.15) is 42.0 Å². The van der Waals surface area contributed by atoms with Gasteiger partial charge in [0.15, 0.2) is 0 Å². The molecule has 0 aromatic heterocycles. The number of aliphatic hydroxyl groups is 1. The Bertz CT molecular complexity index is 947. The van der Waals surface area contributed by atoms with Gasteiger partial charge in [-0.3, -0.25) is 0 Å². The maximum absolute atomic E-state index is 9.89. The Morgan fingerprint density at radius 3 is 2.22 bits per heavy atom. The van der Waals surface area contributed by atoms with Crippen molar-refractivity contribution in [3.63, 3.8) is 0 Å². The van der Waals surface area contributed by atoms with Crippen LogP contribution in [0.15, 0.2) is 66.7 Å². The fourth-order valence-electron chi connectivity index (χ4n) is 4.03. The van der Waals surface area contributed by atoms with Gasteiger partial charge in [0.25, 0.3) is 0 Å². The van der Waals surface area contributed by atoms with E-state index >= 15 is 0 Å². The molecule has 27 heavy (non-hydrogen) atoms. The second kappa shape index (κ2) is 7.45. The molecule has 0 aliphatic carbocycles. The molecule has 1 unspecified atom stereocenters. The molecule has 3 aromatic carbocycles. The van der Waals surface area contributed by atoms with Gasteiger partial charge in [0.2, 0.25) is 0 Å². The van der Waals surface area contributed by atoms with Crippen molar-refractivity contribution >= 4 is 5.69 Å². The zero-order chi connectivity index (χ0) is 18.8. The molecule has 0 radical (unpaired) electrons. The van der Waals surface area contributed by atoms with Crippen LogP contribution in [0.2, 0.25) is 0 Å². The average Bonchev–Trinajstić information content (AvgIpc) is 2.72. The molecule has 3 aromatic rings. The van der Waals surface area contributed by atoms with Crippen molar-refractivity contribution in [2.45, 2.75) is 26.4 Å². The predicted octanol–water partition coefficient (Wildman–Crippen LogP) is 5.31. The van der Waals surface area contributed by atoms with E-state index < -0.39 is 0 Å². The van der Waals surface area contributed by atoms with Crippen LogP contribution in [-0.4, -0.2) is 18.2 Å². The van der Waals surface area contributed by atoms with Crippen molar-refractivity contribution < 1.29 is 9.84 Å². The number of hydrogen-bond acceptors (Lipinski definition) is 3. The summed E-state index contributed by atoms with van der Waals surface area (Å²) in [5, 5.41) is 9.89. The van der Waals surface area contributed by atoms with Gasteiger partial charge in [0.05, 0.1) is 6.61 Å². The molecule has 3 nitrogen and oxygen atoms in total. The van der Waals surface area contributed by atoms with Gasteiger partial charge in [-0.1, -0.05) is 48.5 Å². The summed E-state index contributed by atoms with van der Waals surface area (Å²) in [4.78, 5) is 2.32. The van der Waals surface area contributed by atoms with Crippen LogP contribution >= 0.6 is 0 Å². The Balaban J connectivity index is 1.90. The number of fused-ring (bicyclic) bond motifs is 2. The van der Waals surface area contributed by atoms with Crippen molar-refractivity contribution in [3.05, 3.63) is 89.0 Å². The summed E-state index contributed by atoms with van der Waals surface area (Å²) in [7, 11) is 0. The van der Waals surface area contributed by atoms with E-state index in [2.05, 4.69) is 49.1 Å². The highest BCUT2D eigenvalue weighted by molar-refractivity contribution is 5.63. The Morgan fingerprint density at radius 2 is 1.48 bits per heavy atom. The molecular formula is C24H25NO2. The normalized spacial score (nSPS) is 14.9. The first-order valence-electron chi connectivity index (χ1n) is 9.61. The maximum atomic E-state index is 9.89. The van der Waals surface area contributed by atoms with E-state index in [0.29, 0.717) is 0 Å². The molecule has 1 aliphatic rings. The van der Waals surface area contributed by atoms with Gasteiger partial charge in [-0.25, -0.2) is 0 Å². The highest BCUT2D eigenvalue weighted by Crippen LogP contribution is 2.48. The number of aliphatic hydroxyl groups excluding tert-OH is 1. The maximum Gasteiger partial charge on any atom is 0.133 e. The lowest BCUT2D eigenvalue weighted by atomic mass is 9.80. The lowest BCUT2D eigenvalue weighted by Crippen LogP contribution is -2.22. The highest BCUT2D eigenvalue weighted by atomic mass is 16.5. The minimum atomic E-state index is 0.0303. The molecule has 0 amide bonds. The Labute approximate surface area is 160 Å². The number of rotatable bonds is 5. The van der Waals surface area contributed by atoms with Crippen LogP contribution < -0.4 is 9.64 Å². The number of benzene rings is 3. The molecule has 1 atom stereocenters. The SMILES string of the molecule is CCN(CC)c1ccc2c(c1)Oc1ccccc1C2c1ccccc1CO. The molecule has 138 valence electrons. The van der Waals surface area contributed by atoms with Gasteiger partial charge in [-0.2, -0.15) is 0 Å². The first kappa shape index (κ1) is 17.6. The molecule has 0 saturated heterocycles. The first-order valence-corrected chi connectivity index (χ1v) is 9.61. The van der Waals surface area contributed by atoms with E-state index in [0.717, 1.165) is 46.8 Å². The Kier molecular flexibility index (Phi) is 4.87. The molecule has 1 heterocycles. The minimum absolute atomic E-state index is 0.0303. The predicted molar refractivity (Wildman–Crippen MR) is 110 cm³/mol. The Morgan fingerprint density at radius 1 is 0.815 bits per heavy atom. The van der Waals surface area contributed by atoms with Crippen LogP contribution in [0.3, 0.4) is 0 Å². The molecule has 0 saturated carbocycles. The zero-order valence-electron chi connectivity index (χ0n) is 15.9. The average molecular weight is 359 g/mol. The summed E-state index contributed by atoms with van der Waals surface area (Å²) in [5.74, 6) is 1.84. The largest absolute Gasteiger partial charge is 0.457 e. The van der Waals surface area contributed by atoms with E-state index in [1.54, 1.807) is 0 Å². The molecule has 0 spiro atoms. The van der Waals surface area contributed by atoms with Crippen LogP contribution in [0.5, 0.6) is 11.5 Å². The van der Waals surface area contributed by atoms with Crippen LogP contribution in [-0.2, 0) is 6.61 Å². The third kappa shape index (κ3) is 3.08. The topological polar surface area (TPSA) is 32.7 Å². The second-order valence-electron chi connectivity index (χ2n) is 6.82. The van der Waals surface area contributed by atoms with E-state index in [-0.39, 0.29) is 12.5 Å². The fraction of sp³-hybridized carbons (Fsp3) is 0.250. The van der Waals surface area contributed by atoms with E-state index in [4.69, 9.17) is 4.74 Å². The third-order valence-corrected chi connectivity index (χ3v) is 5.42. The standard InChI is InChI=1S/C24H25NO2/c1-3-25(4-2)18-13-14-21-23(15-18)27-22-12-8-7-11-20(22)24(21)19-10-6-5-9-17(19)16-26/h5-15,24,26H,3-4,16H2,1-2H3. The second-order valence-corrected chi connectivity index (χ2v) is 6.82. The lowest BCUT2D eigenvalue weighted by molar-refractivity contribution is 0.280. The van der Waals surface area contributed by atoms with Crippen molar-refractivity contribution in [1.29, 1.82) is 0 Å². The molecule has 3 heteroatoms. The first-order chi connectivity index (χ1) is 13.3. The van der Waals surface area contributed by atoms with E-state index in [1.165, 1.54) is 5.69 Å². The number of para-hydroxylation sites is 1. The third-order valence-electron chi connectivity index (χ3n) is 5.42. The molecule has 1 N–H and O–H groups in total. The van der Waals surface area contributed by atoms with Gasteiger partial charge < -0.3 is 14.7 Å². The summed E-state index contributed by atoms with van der Waals surface area (Å²) in [5.41, 5.74) is 5.55. The van der Waals surface area contributed by atoms with Crippen molar-refractivity contribution in [3.8, 4) is 11.5 Å². The van der Waals surface area contributed by atoms with Crippen molar-refractivity contribution in [2.24, 2.45) is 0 Å². The van der Waals surface area contributed by atoms with Crippen LogP contribution in [0.25, 0.3) is 0 Å². The van der Waals surface area contributed by atoms with Crippen LogP contribution in [0.4, 0.5) is 5.69 Å². The van der Waals surface area contributed by atoms with Gasteiger partial charge in [0, 0.05) is 41.9 Å². The summed E-state index contributed by atoms with van der Waals surface area (Å²) < 4.78 is 6.29. The molecular weight excluding hydrogens is 334 g/mol.